The van der Waals surface area contributed by atoms with Gasteiger partial charge in [0, 0.05) is 19.3 Å². The summed E-state index contributed by atoms with van der Waals surface area (Å²) >= 11 is 0. The van der Waals surface area contributed by atoms with E-state index < -0.39 is 16.5 Å². The third-order valence-electron chi connectivity index (χ3n) is 12.1. The van der Waals surface area contributed by atoms with Crippen LogP contribution in [0.3, 0.4) is 0 Å². The topological polar surface area (TPSA) is 153 Å². The number of unbranched alkanes of at least 4 members (excludes halogenated alkanes) is 33. The normalized spacial score (nSPS) is 11.6. The van der Waals surface area contributed by atoms with E-state index in [2.05, 4.69) is 57.2 Å². The molecule has 0 unspecified atom stereocenters. The molecule has 0 aliphatic heterocycles. The first-order valence-electron chi connectivity index (χ1n) is 28.2. The SMILES string of the molecule is CCCCCCCC/C=C/CCCCCCCC(=O)OCC(COC(=O)CCCCCCC/C=C/CCCCCCCC)OC(=O)CCCCCCC/C=C/CCCCCCCC.O=S(=O)(O)O.[NaH]. The first-order chi connectivity index (χ1) is 33.0. The van der Waals surface area contributed by atoms with Crippen molar-refractivity contribution < 1.29 is 46.1 Å². The van der Waals surface area contributed by atoms with Gasteiger partial charge in [0.1, 0.15) is 13.2 Å². The first kappa shape index (κ1) is 71.8. The van der Waals surface area contributed by atoms with Crippen LogP contribution in [0.5, 0.6) is 0 Å². The van der Waals surface area contributed by atoms with Crippen LogP contribution < -0.4 is 0 Å². The van der Waals surface area contributed by atoms with E-state index in [0.717, 1.165) is 77.0 Å². The van der Waals surface area contributed by atoms with Crippen molar-refractivity contribution in [2.24, 2.45) is 0 Å². The summed E-state index contributed by atoms with van der Waals surface area (Å²) in [4.78, 5) is 38.0. The summed E-state index contributed by atoms with van der Waals surface area (Å²) in [6.45, 7) is 6.63. The molecule has 10 nitrogen and oxygen atoms in total. The molecule has 69 heavy (non-hydrogen) atoms. The molecule has 0 fully saturated rings. The van der Waals surface area contributed by atoms with E-state index in [0.29, 0.717) is 19.3 Å². The third-order valence-corrected chi connectivity index (χ3v) is 12.1. The zero-order valence-corrected chi connectivity index (χ0v) is 45.0. The number of rotatable bonds is 50. The van der Waals surface area contributed by atoms with Crippen LogP contribution in [-0.2, 0) is 39.0 Å². The van der Waals surface area contributed by atoms with Gasteiger partial charge in [0.2, 0.25) is 0 Å². The Balaban J connectivity index is -0.00000686. The molecule has 0 aromatic rings. The number of carbonyl (C=O) groups is 3. The van der Waals surface area contributed by atoms with E-state index in [1.54, 1.807) is 0 Å². The Hall–Kier alpha value is -1.50. The molecule has 0 bridgehead atoms. The summed E-state index contributed by atoms with van der Waals surface area (Å²) in [7, 11) is -4.67. The molecular weight excluding hydrogens is 900 g/mol. The van der Waals surface area contributed by atoms with Crippen LogP contribution in [0.1, 0.15) is 290 Å². The Kier molecular flexibility index (Phi) is 61.4. The van der Waals surface area contributed by atoms with Crippen LogP contribution in [0.4, 0.5) is 0 Å². The number of allylic oxidation sites excluding steroid dienone is 6. The van der Waals surface area contributed by atoms with Gasteiger partial charge < -0.3 is 14.2 Å². The minimum atomic E-state index is -4.67. The molecule has 2 N–H and O–H groups in total. The fourth-order valence-corrected chi connectivity index (χ4v) is 7.90. The maximum absolute atomic E-state index is 12.8. The quantitative estimate of drug-likeness (QED) is 0.0150. The van der Waals surface area contributed by atoms with Crippen LogP contribution in [0.2, 0.25) is 0 Å². The van der Waals surface area contributed by atoms with E-state index in [4.69, 9.17) is 31.7 Å². The van der Waals surface area contributed by atoms with Gasteiger partial charge in [-0.25, -0.2) is 0 Å². The van der Waals surface area contributed by atoms with Crippen molar-refractivity contribution in [1.82, 2.24) is 0 Å². The van der Waals surface area contributed by atoms with Crippen molar-refractivity contribution in [3.8, 4) is 0 Å². The molecule has 0 rings (SSSR count). The molecule has 0 amide bonds. The molecule has 402 valence electrons. The van der Waals surface area contributed by atoms with E-state index >= 15 is 0 Å². The van der Waals surface area contributed by atoms with Crippen molar-refractivity contribution >= 4 is 57.9 Å². The van der Waals surface area contributed by atoms with Crippen molar-refractivity contribution in [2.45, 2.75) is 297 Å². The van der Waals surface area contributed by atoms with Gasteiger partial charge in [-0.05, 0) is 96.3 Å². The van der Waals surface area contributed by atoms with Gasteiger partial charge in [0.15, 0.2) is 6.10 Å². The van der Waals surface area contributed by atoms with Gasteiger partial charge in [-0.2, -0.15) is 8.42 Å². The Labute approximate surface area is 447 Å². The summed E-state index contributed by atoms with van der Waals surface area (Å²) < 4.78 is 48.4. The van der Waals surface area contributed by atoms with Gasteiger partial charge in [0.05, 0.1) is 0 Å². The van der Waals surface area contributed by atoms with Gasteiger partial charge >= 0.3 is 57.9 Å². The second-order valence-electron chi connectivity index (χ2n) is 18.9. The number of ether oxygens (including phenoxy) is 3. The second kappa shape index (κ2) is 59.1. The van der Waals surface area contributed by atoms with E-state index in [9.17, 15) is 14.4 Å². The van der Waals surface area contributed by atoms with E-state index in [1.165, 1.54) is 173 Å². The van der Waals surface area contributed by atoms with Gasteiger partial charge in [-0.15, -0.1) is 0 Å². The van der Waals surface area contributed by atoms with Crippen molar-refractivity contribution in [2.75, 3.05) is 13.2 Å². The van der Waals surface area contributed by atoms with Gasteiger partial charge in [0.25, 0.3) is 0 Å². The molecule has 0 spiro atoms. The van der Waals surface area contributed by atoms with E-state index in [-0.39, 0.29) is 60.7 Å². The minimum absolute atomic E-state index is 0. The molecule has 0 heterocycles. The van der Waals surface area contributed by atoms with Crippen LogP contribution in [-0.4, -0.2) is 84.3 Å². The standard InChI is InChI=1S/C57H104O6.Na.H2O4S.H/c1-4-7-10-13-16-19-22-25-28-31-34-37-40-43-46-49-55(58)61-52-54(63-57(60)51-48-45-42-39-36-33-30-27-24-21-18-15-12-9-6-3)53-62-56(59)50-47-44-41-38-35-32-29-26-23-20-17-14-11-8-5-2;;1-5(2,3)4;/h25-30,54H,4-24,31-53H2,1-3H3;;(H2,1,2,3,4);/b28-25+,29-26+,30-27+;;;. The molecule has 12 heteroatoms. The molecule has 0 radical (unpaired) electrons. The van der Waals surface area contributed by atoms with E-state index in [1.807, 2.05) is 0 Å². The molecular formula is C57H107NaO10S. The van der Waals surface area contributed by atoms with Crippen LogP contribution in [0.25, 0.3) is 0 Å². The predicted molar refractivity (Wildman–Crippen MR) is 291 cm³/mol. The summed E-state index contributed by atoms with van der Waals surface area (Å²) in [5.74, 6) is -0.893. The number of hydrogen-bond acceptors (Lipinski definition) is 8. The van der Waals surface area contributed by atoms with Gasteiger partial charge in [-0.3, -0.25) is 23.5 Å². The summed E-state index contributed by atoms with van der Waals surface area (Å²) in [5, 5.41) is 0. The fraction of sp³-hybridized carbons (Fsp3) is 0.842. The predicted octanol–water partition coefficient (Wildman–Crippen LogP) is 16.8. The molecule has 0 aliphatic carbocycles. The second-order valence-corrected chi connectivity index (χ2v) is 19.8. The molecule has 0 aromatic carbocycles. The monoisotopic (exact) mass is 1010 g/mol. The third kappa shape index (κ3) is 68.6. The average molecular weight is 1010 g/mol. The summed E-state index contributed by atoms with van der Waals surface area (Å²) in [6.07, 6.45) is 61.2. The van der Waals surface area contributed by atoms with Gasteiger partial charge in [-0.1, -0.05) is 211 Å². The van der Waals surface area contributed by atoms with Crippen LogP contribution in [0, 0.1) is 0 Å². The molecule has 0 aliphatic rings. The zero-order valence-electron chi connectivity index (χ0n) is 44.2. The average Bonchev–Trinajstić information content (AvgIpc) is 3.30. The Morgan fingerprint density at radius 1 is 0.362 bits per heavy atom. The Bertz CT molecular complexity index is 1240. The summed E-state index contributed by atoms with van der Waals surface area (Å²) in [5.41, 5.74) is 0. The molecule has 0 saturated carbocycles. The number of hydrogen-bond donors (Lipinski definition) is 2. The van der Waals surface area contributed by atoms with Crippen molar-refractivity contribution in [1.29, 1.82) is 0 Å². The van der Waals surface area contributed by atoms with Crippen LogP contribution >= 0.6 is 0 Å². The Morgan fingerprint density at radius 3 is 0.812 bits per heavy atom. The number of carbonyl (C=O) groups excluding carboxylic acids is 3. The van der Waals surface area contributed by atoms with Crippen molar-refractivity contribution in [3.63, 3.8) is 0 Å². The summed E-state index contributed by atoms with van der Waals surface area (Å²) in [6, 6.07) is 0. The Morgan fingerprint density at radius 2 is 0.565 bits per heavy atom. The zero-order chi connectivity index (χ0) is 50.3. The first-order valence-corrected chi connectivity index (χ1v) is 29.6. The molecule has 0 saturated heterocycles. The molecule has 0 atom stereocenters. The number of esters is 3. The van der Waals surface area contributed by atoms with Crippen molar-refractivity contribution in [3.05, 3.63) is 36.5 Å². The van der Waals surface area contributed by atoms with Crippen LogP contribution in [0.15, 0.2) is 36.5 Å². The fourth-order valence-electron chi connectivity index (χ4n) is 7.90. The maximum atomic E-state index is 12.8. The molecule has 0 aromatic heterocycles.